The molecule has 69 heavy (non-hydrogen) atoms. The van der Waals surface area contributed by atoms with E-state index in [0.29, 0.717) is 5.92 Å². The number of benzene rings is 10. The second-order valence-electron chi connectivity index (χ2n) is 18.9. The van der Waals surface area contributed by atoms with E-state index in [1.165, 1.54) is 93.8 Å². The quantitative estimate of drug-likeness (QED) is 0.148. The summed E-state index contributed by atoms with van der Waals surface area (Å²) in [5.41, 5.74) is 21.3. The predicted octanol–water partition coefficient (Wildman–Crippen LogP) is 18.3. The number of hydrogen-bond donors (Lipinski definition) is 0. The van der Waals surface area contributed by atoms with Gasteiger partial charge >= 0.3 is 0 Å². The Balaban J connectivity index is 0.883. The van der Waals surface area contributed by atoms with E-state index in [9.17, 15) is 0 Å². The van der Waals surface area contributed by atoms with Crippen molar-refractivity contribution < 1.29 is 0 Å². The number of aromatic nitrogens is 1. The van der Waals surface area contributed by atoms with Gasteiger partial charge in [0.25, 0.3) is 0 Å². The molecular formula is C67H50N2. The minimum atomic E-state index is 0.255. The van der Waals surface area contributed by atoms with Crippen molar-refractivity contribution in [2.75, 3.05) is 4.90 Å². The summed E-state index contributed by atoms with van der Waals surface area (Å²) >= 11 is 0. The van der Waals surface area contributed by atoms with Gasteiger partial charge in [0.05, 0.1) is 11.0 Å². The number of fused-ring (bicyclic) bond motifs is 7. The van der Waals surface area contributed by atoms with Gasteiger partial charge in [-0.05, 0) is 151 Å². The molecule has 0 spiro atoms. The van der Waals surface area contributed by atoms with Crippen LogP contribution in [0.4, 0.5) is 17.1 Å². The van der Waals surface area contributed by atoms with Crippen LogP contribution in [0.25, 0.3) is 78.2 Å². The Morgan fingerprint density at radius 3 is 1.94 bits per heavy atom. The van der Waals surface area contributed by atoms with Crippen molar-refractivity contribution in [2.24, 2.45) is 0 Å². The Morgan fingerprint density at radius 1 is 0.478 bits per heavy atom. The molecule has 328 valence electrons. The van der Waals surface area contributed by atoms with Gasteiger partial charge in [-0.3, -0.25) is 0 Å². The molecule has 0 amide bonds. The zero-order chi connectivity index (χ0) is 45.8. The van der Waals surface area contributed by atoms with Gasteiger partial charge in [-0.2, -0.15) is 0 Å². The second kappa shape index (κ2) is 17.0. The zero-order valence-electron chi connectivity index (χ0n) is 38.6. The number of allylic oxidation sites excluding steroid dienone is 2. The van der Waals surface area contributed by atoms with Crippen molar-refractivity contribution in [1.82, 2.24) is 4.57 Å². The van der Waals surface area contributed by atoms with Crippen LogP contribution in [-0.2, 0) is 0 Å². The number of rotatable bonds is 8. The van der Waals surface area contributed by atoms with Gasteiger partial charge in [0, 0.05) is 39.4 Å². The maximum atomic E-state index is 2.43. The first-order valence-corrected chi connectivity index (χ1v) is 24.4. The molecule has 0 aliphatic heterocycles. The molecule has 13 rings (SSSR count). The van der Waals surface area contributed by atoms with Crippen molar-refractivity contribution in [3.63, 3.8) is 0 Å². The first-order chi connectivity index (χ1) is 34.1. The lowest BCUT2D eigenvalue weighted by molar-refractivity contribution is 0.783. The average Bonchev–Trinajstić information content (AvgIpc) is 3.76. The fraction of sp³-hybridized carbons (Fsp3) is 0.0746. The minimum Gasteiger partial charge on any atom is -0.310 e. The third-order valence-corrected chi connectivity index (χ3v) is 14.8. The van der Waals surface area contributed by atoms with Crippen LogP contribution in [0, 0.1) is 0 Å². The molecular weight excluding hydrogens is 833 g/mol. The van der Waals surface area contributed by atoms with Gasteiger partial charge in [0.1, 0.15) is 0 Å². The summed E-state index contributed by atoms with van der Waals surface area (Å²) in [6.45, 7) is 2.34. The van der Waals surface area contributed by atoms with E-state index < -0.39 is 0 Å². The van der Waals surface area contributed by atoms with E-state index in [0.717, 1.165) is 35.6 Å². The first-order valence-electron chi connectivity index (χ1n) is 24.4. The molecule has 0 radical (unpaired) electrons. The minimum absolute atomic E-state index is 0.255. The molecule has 2 aliphatic rings. The number of hydrogen-bond acceptors (Lipinski definition) is 1. The second-order valence-corrected chi connectivity index (χ2v) is 18.9. The molecule has 0 saturated heterocycles. The van der Waals surface area contributed by atoms with Crippen molar-refractivity contribution in [3.05, 3.63) is 270 Å². The first kappa shape index (κ1) is 40.8. The molecule has 2 nitrogen and oxygen atoms in total. The van der Waals surface area contributed by atoms with Gasteiger partial charge in [0.2, 0.25) is 0 Å². The lowest BCUT2D eigenvalue weighted by atomic mass is 9.80. The van der Waals surface area contributed by atoms with Gasteiger partial charge < -0.3 is 9.47 Å². The lowest BCUT2D eigenvalue weighted by Crippen LogP contribution is -2.12. The molecule has 2 unspecified atom stereocenters. The summed E-state index contributed by atoms with van der Waals surface area (Å²) in [5.74, 6) is 0.760. The Labute approximate surface area is 404 Å². The van der Waals surface area contributed by atoms with Gasteiger partial charge in [0.15, 0.2) is 0 Å². The molecule has 11 aromatic rings. The molecule has 1 heterocycles. The standard InChI is InChI=1S/C67H50N2/c1-45-42-53(43-51-15-6-7-20-58(45)51)48-30-28-46(29-31-48)47-32-37-55(38-33-47)68(57-19-11-16-52(44-57)60-23-12-25-62-59-21-8-5-14-49(59)36-41-63(60)62)56-39-34-50(35-40-56)61-24-13-27-66-67(61)64-22-9-10-26-65(64)69(66)54-17-3-2-4-18-54/h2-22,24-41,43-45,60H,23,42H2,1H3. The fourth-order valence-corrected chi connectivity index (χ4v) is 11.5. The number of para-hydroxylation sites is 2. The molecule has 0 saturated carbocycles. The monoisotopic (exact) mass is 882 g/mol. The third-order valence-electron chi connectivity index (χ3n) is 14.8. The van der Waals surface area contributed by atoms with E-state index in [1.807, 2.05) is 0 Å². The van der Waals surface area contributed by atoms with Gasteiger partial charge in [-0.25, -0.2) is 0 Å². The third kappa shape index (κ3) is 7.19. The summed E-state index contributed by atoms with van der Waals surface area (Å²) in [4.78, 5) is 2.43. The van der Waals surface area contributed by atoms with Crippen molar-refractivity contribution in [2.45, 2.75) is 31.6 Å². The van der Waals surface area contributed by atoms with E-state index in [-0.39, 0.29) is 5.92 Å². The highest BCUT2D eigenvalue weighted by Crippen LogP contribution is 2.44. The molecule has 1 aromatic heterocycles. The van der Waals surface area contributed by atoms with Crippen LogP contribution in [0.3, 0.4) is 0 Å². The Hall–Kier alpha value is -8.46. The molecule has 2 aliphatic carbocycles. The molecule has 2 heteroatoms. The smallest absolute Gasteiger partial charge is 0.0547 e. The average molecular weight is 883 g/mol. The summed E-state index contributed by atoms with van der Waals surface area (Å²) < 4.78 is 2.40. The summed E-state index contributed by atoms with van der Waals surface area (Å²) in [6.07, 6.45) is 9.09. The Morgan fingerprint density at radius 2 is 1.13 bits per heavy atom. The van der Waals surface area contributed by atoms with Gasteiger partial charge in [-0.1, -0.05) is 195 Å². The fourth-order valence-electron chi connectivity index (χ4n) is 11.5. The SMILES string of the molecule is CC1CC(c2ccc(-c3ccc(N(c4ccc(-c5cccc6c5c5ccccc5n6-c5ccccc5)cc4)c4cccc(C5CC=Cc6c5ccc5ccccc65)c4)cc3)cc2)=Cc2ccccc21. The largest absolute Gasteiger partial charge is 0.310 e. The highest BCUT2D eigenvalue weighted by molar-refractivity contribution is 6.15. The van der Waals surface area contributed by atoms with Crippen LogP contribution in [0.1, 0.15) is 65.0 Å². The predicted molar refractivity (Wildman–Crippen MR) is 293 cm³/mol. The topological polar surface area (TPSA) is 8.17 Å². The lowest BCUT2D eigenvalue weighted by Gasteiger charge is -2.28. The van der Waals surface area contributed by atoms with Crippen molar-refractivity contribution in [3.8, 4) is 27.9 Å². The number of nitrogens with zero attached hydrogens (tertiary/aromatic N) is 2. The van der Waals surface area contributed by atoms with Gasteiger partial charge in [-0.15, -0.1) is 0 Å². The Bertz CT molecular complexity index is 3780. The van der Waals surface area contributed by atoms with E-state index >= 15 is 0 Å². The number of anilines is 3. The molecule has 0 fully saturated rings. The van der Waals surface area contributed by atoms with E-state index in [2.05, 4.69) is 265 Å². The normalized spacial score (nSPS) is 15.2. The van der Waals surface area contributed by atoms with Crippen LogP contribution < -0.4 is 4.90 Å². The summed E-state index contributed by atoms with van der Waals surface area (Å²) in [5, 5.41) is 5.12. The molecule has 10 aromatic carbocycles. The van der Waals surface area contributed by atoms with Crippen molar-refractivity contribution in [1.29, 1.82) is 0 Å². The van der Waals surface area contributed by atoms with Crippen molar-refractivity contribution >= 4 is 67.4 Å². The van der Waals surface area contributed by atoms with Crippen LogP contribution in [0.2, 0.25) is 0 Å². The molecule has 2 atom stereocenters. The van der Waals surface area contributed by atoms with Crippen LogP contribution >= 0.6 is 0 Å². The van der Waals surface area contributed by atoms with Crippen LogP contribution in [0.5, 0.6) is 0 Å². The maximum Gasteiger partial charge on any atom is 0.0547 e. The highest BCUT2D eigenvalue weighted by atomic mass is 15.1. The van der Waals surface area contributed by atoms with E-state index in [1.54, 1.807) is 0 Å². The summed E-state index contributed by atoms with van der Waals surface area (Å²) in [7, 11) is 0. The van der Waals surface area contributed by atoms with Crippen LogP contribution in [0.15, 0.2) is 237 Å². The molecule has 0 bridgehead atoms. The molecule has 0 N–H and O–H groups in total. The highest BCUT2D eigenvalue weighted by Gasteiger charge is 2.24. The van der Waals surface area contributed by atoms with Crippen LogP contribution in [-0.4, -0.2) is 4.57 Å². The Kier molecular flexibility index (Phi) is 10.1. The maximum absolute atomic E-state index is 2.43. The summed E-state index contributed by atoms with van der Waals surface area (Å²) in [6, 6.07) is 85.2. The van der Waals surface area contributed by atoms with E-state index in [4.69, 9.17) is 0 Å². The zero-order valence-corrected chi connectivity index (χ0v) is 38.6.